The van der Waals surface area contributed by atoms with Gasteiger partial charge in [0.2, 0.25) is 6.10 Å². The fourth-order valence-electron chi connectivity index (χ4n) is 2.45. The first-order valence-corrected chi connectivity index (χ1v) is 9.51. The number of esters is 2. The van der Waals surface area contributed by atoms with Gasteiger partial charge in [0.1, 0.15) is 5.82 Å². The fraction of sp³-hybridized carbons (Fsp3) is 0.222. The lowest BCUT2D eigenvalue weighted by atomic mass is 10.2. The molecule has 1 fully saturated rings. The molecule has 0 aromatic heterocycles. The lowest BCUT2D eigenvalue weighted by Crippen LogP contribution is -2.22. The van der Waals surface area contributed by atoms with Crippen molar-refractivity contribution in [3.63, 3.8) is 0 Å². The van der Waals surface area contributed by atoms with Gasteiger partial charge in [0.05, 0.1) is 17.1 Å². The third-order valence-electron chi connectivity index (χ3n) is 3.94. The molecule has 1 aliphatic heterocycles. The molecule has 9 heteroatoms. The van der Waals surface area contributed by atoms with Crippen LogP contribution in [0.25, 0.3) is 0 Å². The van der Waals surface area contributed by atoms with E-state index in [1.165, 1.54) is 43.3 Å². The van der Waals surface area contributed by atoms with Crippen LogP contribution in [0.5, 0.6) is 0 Å². The molecule has 1 heterocycles. The molecule has 27 heavy (non-hydrogen) atoms. The van der Waals surface area contributed by atoms with Crippen molar-refractivity contribution in [2.75, 3.05) is 11.3 Å². The van der Waals surface area contributed by atoms with E-state index in [1.807, 2.05) is 0 Å². The lowest BCUT2D eigenvalue weighted by molar-refractivity contribution is -0.145. The highest BCUT2D eigenvalue weighted by molar-refractivity contribution is 7.92. The second-order valence-electron chi connectivity index (χ2n) is 5.95. The average molecular weight is 393 g/mol. The van der Waals surface area contributed by atoms with Crippen LogP contribution in [0.2, 0.25) is 0 Å². The number of carbonyl (C=O) groups excluding carboxylic acids is 2. The van der Waals surface area contributed by atoms with Gasteiger partial charge in [0, 0.05) is 12.1 Å². The number of benzene rings is 2. The highest BCUT2D eigenvalue weighted by Gasteiger charge is 2.30. The molecule has 3 rings (SSSR count). The summed E-state index contributed by atoms with van der Waals surface area (Å²) < 4.78 is 50.6. The highest BCUT2D eigenvalue weighted by atomic mass is 32.2. The zero-order valence-electron chi connectivity index (χ0n) is 14.3. The van der Waals surface area contributed by atoms with E-state index in [1.54, 1.807) is 0 Å². The Bertz CT molecular complexity index is 1000. The summed E-state index contributed by atoms with van der Waals surface area (Å²) >= 11 is 0. The highest BCUT2D eigenvalue weighted by Crippen LogP contribution is 2.20. The first-order chi connectivity index (χ1) is 12.8. The minimum absolute atomic E-state index is 0.0602. The van der Waals surface area contributed by atoms with Crippen LogP contribution >= 0.6 is 0 Å². The molecule has 2 aromatic rings. The van der Waals surface area contributed by atoms with E-state index < -0.39 is 33.9 Å². The van der Waals surface area contributed by atoms with Crippen molar-refractivity contribution in [3.05, 3.63) is 59.4 Å². The zero-order chi connectivity index (χ0) is 19.6. The molecule has 1 saturated heterocycles. The van der Waals surface area contributed by atoms with Gasteiger partial charge in [-0.1, -0.05) is 12.1 Å². The molecule has 142 valence electrons. The number of sulfonamides is 1. The number of hydrogen-bond acceptors (Lipinski definition) is 6. The standard InChI is InChI=1S/C18H16FNO6S/c1-11-5-6-14(10-15(11)19)27(23,24)20-13-4-2-3-12(9-13)17(21)26-16-7-8-25-18(16)22/h2-6,9-10,16,20H,7-8H2,1H3/t16-/m1/s1. The van der Waals surface area contributed by atoms with Gasteiger partial charge in [0.15, 0.2) is 0 Å². The number of anilines is 1. The first-order valence-electron chi connectivity index (χ1n) is 8.03. The molecule has 0 bridgehead atoms. The van der Waals surface area contributed by atoms with Crippen molar-refractivity contribution in [3.8, 4) is 0 Å². The third kappa shape index (κ3) is 4.25. The van der Waals surface area contributed by atoms with Crippen molar-refractivity contribution < 1.29 is 31.9 Å². The van der Waals surface area contributed by atoms with E-state index >= 15 is 0 Å². The van der Waals surface area contributed by atoms with Crippen molar-refractivity contribution in [2.24, 2.45) is 0 Å². The number of carbonyl (C=O) groups is 2. The molecule has 1 aliphatic rings. The van der Waals surface area contributed by atoms with E-state index in [0.29, 0.717) is 5.56 Å². The SMILES string of the molecule is Cc1ccc(S(=O)(=O)Nc2cccc(C(=O)O[C@@H]3CCOC3=O)c2)cc1F. The van der Waals surface area contributed by atoms with Crippen molar-refractivity contribution in [2.45, 2.75) is 24.3 Å². The Morgan fingerprint density at radius 1 is 1.26 bits per heavy atom. The van der Waals surface area contributed by atoms with Crippen LogP contribution in [0, 0.1) is 12.7 Å². The van der Waals surface area contributed by atoms with Crippen LogP contribution in [0.3, 0.4) is 0 Å². The van der Waals surface area contributed by atoms with Gasteiger partial charge >= 0.3 is 11.9 Å². The summed E-state index contributed by atoms with van der Waals surface area (Å²) in [7, 11) is -4.04. The number of aryl methyl sites for hydroxylation is 1. The summed E-state index contributed by atoms with van der Waals surface area (Å²) in [5, 5.41) is 0. The number of ether oxygens (including phenoxy) is 2. The molecule has 2 aromatic carbocycles. The summed E-state index contributed by atoms with van der Waals surface area (Å²) in [6.07, 6.45) is -0.691. The van der Waals surface area contributed by atoms with Gasteiger partial charge in [-0.15, -0.1) is 0 Å². The van der Waals surface area contributed by atoms with Crippen molar-refractivity contribution in [1.82, 2.24) is 0 Å². The molecular formula is C18H16FNO6S. The Morgan fingerprint density at radius 2 is 2.04 bits per heavy atom. The summed E-state index contributed by atoms with van der Waals surface area (Å²) in [5.41, 5.74) is 0.480. The van der Waals surface area contributed by atoms with E-state index in [4.69, 9.17) is 9.47 Å². The maximum atomic E-state index is 13.7. The fourth-order valence-corrected chi connectivity index (χ4v) is 3.51. The molecule has 1 atom stereocenters. The summed E-state index contributed by atoms with van der Waals surface area (Å²) in [6.45, 7) is 1.71. The second kappa shape index (κ2) is 7.36. The first kappa shape index (κ1) is 18.8. The van der Waals surface area contributed by atoms with Gasteiger partial charge in [-0.3, -0.25) is 4.72 Å². The van der Waals surface area contributed by atoms with Gasteiger partial charge in [0.25, 0.3) is 10.0 Å². The maximum absolute atomic E-state index is 13.7. The molecule has 0 saturated carbocycles. The van der Waals surface area contributed by atoms with Gasteiger partial charge < -0.3 is 9.47 Å². The Morgan fingerprint density at radius 3 is 2.70 bits per heavy atom. The molecule has 0 unspecified atom stereocenters. The maximum Gasteiger partial charge on any atom is 0.347 e. The minimum atomic E-state index is -4.04. The molecule has 0 amide bonds. The molecule has 0 radical (unpaired) electrons. The van der Waals surface area contributed by atoms with Crippen LogP contribution in [-0.2, 0) is 24.3 Å². The summed E-state index contributed by atoms with van der Waals surface area (Å²) in [4.78, 5) is 23.3. The Hall–Kier alpha value is -2.94. The Kier molecular flexibility index (Phi) is 5.13. The number of rotatable bonds is 5. The lowest BCUT2D eigenvalue weighted by Gasteiger charge is -2.11. The molecular weight excluding hydrogens is 377 g/mol. The second-order valence-corrected chi connectivity index (χ2v) is 7.63. The minimum Gasteiger partial charge on any atom is -0.463 e. The van der Waals surface area contributed by atoms with Gasteiger partial charge in [-0.05, 0) is 42.8 Å². The van der Waals surface area contributed by atoms with Crippen LogP contribution in [0.4, 0.5) is 10.1 Å². The number of hydrogen-bond donors (Lipinski definition) is 1. The topological polar surface area (TPSA) is 98.8 Å². The van der Waals surface area contributed by atoms with Crippen molar-refractivity contribution in [1.29, 1.82) is 0 Å². The van der Waals surface area contributed by atoms with E-state index in [2.05, 4.69) is 4.72 Å². The zero-order valence-corrected chi connectivity index (χ0v) is 15.1. The number of halogens is 1. The van der Waals surface area contributed by atoms with Crippen LogP contribution in [-0.4, -0.2) is 33.1 Å². The Labute approximate surface area is 155 Å². The van der Waals surface area contributed by atoms with Gasteiger partial charge in [-0.2, -0.15) is 0 Å². The monoisotopic (exact) mass is 393 g/mol. The van der Waals surface area contributed by atoms with Crippen molar-refractivity contribution >= 4 is 27.6 Å². The van der Waals surface area contributed by atoms with E-state index in [-0.39, 0.29) is 29.2 Å². The Balaban J connectivity index is 1.77. The normalized spacial score (nSPS) is 16.7. The summed E-state index contributed by atoms with van der Waals surface area (Å²) in [6, 6.07) is 9.14. The van der Waals surface area contributed by atoms with Gasteiger partial charge in [-0.25, -0.2) is 22.4 Å². The van der Waals surface area contributed by atoms with E-state index in [0.717, 1.165) is 6.07 Å². The predicted octanol–water partition coefficient (Wildman–Crippen LogP) is 2.41. The smallest absolute Gasteiger partial charge is 0.347 e. The number of nitrogens with one attached hydrogen (secondary N) is 1. The molecule has 1 N–H and O–H groups in total. The van der Waals surface area contributed by atoms with Crippen LogP contribution in [0.1, 0.15) is 22.3 Å². The third-order valence-corrected chi connectivity index (χ3v) is 5.32. The molecule has 0 spiro atoms. The van der Waals surface area contributed by atoms with Crippen LogP contribution in [0.15, 0.2) is 47.4 Å². The van der Waals surface area contributed by atoms with E-state index in [9.17, 15) is 22.4 Å². The quantitative estimate of drug-likeness (QED) is 0.784. The largest absolute Gasteiger partial charge is 0.463 e. The number of cyclic esters (lactones) is 1. The van der Waals surface area contributed by atoms with Crippen LogP contribution < -0.4 is 4.72 Å². The average Bonchev–Trinajstić information content (AvgIpc) is 3.02. The molecule has 0 aliphatic carbocycles. The predicted molar refractivity (Wildman–Crippen MR) is 93.2 cm³/mol. The molecule has 7 nitrogen and oxygen atoms in total. The summed E-state index contributed by atoms with van der Waals surface area (Å²) in [5.74, 6) is -2.03.